The summed E-state index contributed by atoms with van der Waals surface area (Å²) < 4.78 is 0. The van der Waals surface area contributed by atoms with Crippen LogP contribution in [0.4, 0.5) is 0 Å². The van der Waals surface area contributed by atoms with Gasteiger partial charge in [-0.3, -0.25) is 0 Å². The fraction of sp³-hybridized carbons (Fsp3) is 1.00. The van der Waals surface area contributed by atoms with Crippen molar-refractivity contribution in [3.8, 4) is 0 Å². The fourth-order valence-electron chi connectivity index (χ4n) is 2.01. The zero-order valence-electron chi connectivity index (χ0n) is 8.64. The number of nitrogens with two attached hydrogens (primary N) is 1. The molecule has 2 N–H and O–H groups in total. The SMILES string of the molecule is CN1CCC(CC(C)(C)N)CC1. The van der Waals surface area contributed by atoms with Crippen LogP contribution in [0, 0.1) is 5.92 Å². The molecule has 0 radical (unpaired) electrons. The van der Waals surface area contributed by atoms with Crippen molar-refractivity contribution in [2.45, 2.75) is 38.6 Å². The Bertz CT molecular complexity index is 129. The minimum atomic E-state index is 0.0284. The molecule has 1 fully saturated rings. The number of hydrogen-bond donors (Lipinski definition) is 1. The molecule has 72 valence electrons. The van der Waals surface area contributed by atoms with Gasteiger partial charge in [0, 0.05) is 5.54 Å². The molecule has 1 aliphatic rings. The van der Waals surface area contributed by atoms with Gasteiger partial charge < -0.3 is 10.6 Å². The Kier molecular flexibility index (Phi) is 3.13. The summed E-state index contributed by atoms with van der Waals surface area (Å²) in [5, 5.41) is 0. The molecule has 1 aliphatic heterocycles. The van der Waals surface area contributed by atoms with E-state index in [4.69, 9.17) is 5.73 Å². The van der Waals surface area contributed by atoms with Crippen LogP contribution >= 0.6 is 0 Å². The molecule has 0 unspecified atom stereocenters. The van der Waals surface area contributed by atoms with Gasteiger partial charge in [0.05, 0.1) is 0 Å². The molecule has 0 bridgehead atoms. The van der Waals surface area contributed by atoms with E-state index in [1.54, 1.807) is 0 Å². The second-order valence-electron chi connectivity index (χ2n) is 4.94. The topological polar surface area (TPSA) is 29.3 Å². The average molecular weight is 170 g/mol. The second-order valence-corrected chi connectivity index (χ2v) is 4.94. The number of piperidine rings is 1. The molecule has 0 aromatic carbocycles. The van der Waals surface area contributed by atoms with E-state index in [2.05, 4.69) is 25.8 Å². The molecule has 2 heteroatoms. The van der Waals surface area contributed by atoms with Gasteiger partial charge in [0.1, 0.15) is 0 Å². The van der Waals surface area contributed by atoms with Crippen LogP contribution in [0.15, 0.2) is 0 Å². The lowest BCUT2D eigenvalue weighted by Crippen LogP contribution is -2.38. The lowest BCUT2D eigenvalue weighted by Gasteiger charge is -2.32. The van der Waals surface area contributed by atoms with Gasteiger partial charge >= 0.3 is 0 Å². The molecule has 12 heavy (non-hydrogen) atoms. The van der Waals surface area contributed by atoms with E-state index in [0.29, 0.717) is 0 Å². The first-order valence-corrected chi connectivity index (χ1v) is 4.95. The quantitative estimate of drug-likeness (QED) is 0.680. The molecule has 1 rings (SSSR count). The van der Waals surface area contributed by atoms with E-state index in [9.17, 15) is 0 Å². The molecule has 0 amide bonds. The Morgan fingerprint density at radius 1 is 1.33 bits per heavy atom. The van der Waals surface area contributed by atoms with Gasteiger partial charge in [0.15, 0.2) is 0 Å². The van der Waals surface area contributed by atoms with Crippen LogP contribution in [-0.4, -0.2) is 30.6 Å². The van der Waals surface area contributed by atoms with E-state index in [-0.39, 0.29) is 5.54 Å². The number of likely N-dealkylation sites (tertiary alicyclic amines) is 1. The summed E-state index contributed by atoms with van der Waals surface area (Å²) in [6.45, 7) is 6.76. The third kappa shape index (κ3) is 3.55. The van der Waals surface area contributed by atoms with Crippen molar-refractivity contribution in [3.63, 3.8) is 0 Å². The minimum absolute atomic E-state index is 0.0284. The summed E-state index contributed by atoms with van der Waals surface area (Å²) in [6, 6.07) is 0. The zero-order valence-corrected chi connectivity index (χ0v) is 8.64. The van der Waals surface area contributed by atoms with Crippen LogP contribution in [0.3, 0.4) is 0 Å². The van der Waals surface area contributed by atoms with E-state index in [1.165, 1.54) is 32.4 Å². The van der Waals surface area contributed by atoms with Crippen LogP contribution in [0.1, 0.15) is 33.1 Å². The number of rotatable bonds is 2. The standard InChI is InChI=1S/C10H22N2/c1-10(2,11)8-9-4-6-12(3)7-5-9/h9H,4-8,11H2,1-3H3. The minimum Gasteiger partial charge on any atom is -0.326 e. The zero-order chi connectivity index (χ0) is 9.19. The summed E-state index contributed by atoms with van der Waals surface area (Å²) >= 11 is 0. The highest BCUT2D eigenvalue weighted by atomic mass is 15.1. The van der Waals surface area contributed by atoms with Gasteiger partial charge in [-0.05, 0) is 59.2 Å². The van der Waals surface area contributed by atoms with Gasteiger partial charge in [0.25, 0.3) is 0 Å². The monoisotopic (exact) mass is 170 g/mol. The molecule has 0 aromatic rings. The Labute approximate surface area is 76.1 Å². The Hall–Kier alpha value is -0.0800. The van der Waals surface area contributed by atoms with E-state index in [1.807, 2.05) is 0 Å². The summed E-state index contributed by atoms with van der Waals surface area (Å²) in [4.78, 5) is 2.40. The lowest BCUT2D eigenvalue weighted by molar-refractivity contribution is 0.193. The van der Waals surface area contributed by atoms with E-state index < -0.39 is 0 Å². The maximum atomic E-state index is 5.99. The molecule has 1 saturated heterocycles. The largest absolute Gasteiger partial charge is 0.326 e. The second kappa shape index (κ2) is 3.75. The summed E-state index contributed by atoms with van der Waals surface area (Å²) in [5.41, 5.74) is 6.02. The van der Waals surface area contributed by atoms with E-state index in [0.717, 1.165) is 5.92 Å². The summed E-state index contributed by atoms with van der Waals surface area (Å²) in [6.07, 6.45) is 3.84. The molecular weight excluding hydrogens is 148 g/mol. The van der Waals surface area contributed by atoms with Crippen molar-refractivity contribution in [2.24, 2.45) is 11.7 Å². The third-order valence-corrected chi connectivity index (χ3v) is 2.65. The van der Waals surface area contributed by atoms with Crippen LogP contribution in [0.25, 0.3) is 0 Å². The van der Waals surface area contributed by atoms with Crippen molar-refractivity contribution >= 4 is 0 Å². The van der Waals surface area contributed by atoms with Gasteiger partial charge in [-0.1, -0.05) is 0 Å². The van der Waals surface area contributed by atoms with Crippen molar-refractivity contribution in [1.82, 2.24) is 4.90 Å². The normalized spacial score (nSPS) is 23.0. The highest BCUT2D eigenvalue weighted by Gasteiger charge is 2.22. The van der Waals surface area contributed by atoms with Crippen LogP contribution in [-0.2, 0) is 0 Å². The van der Waals surface area contributed by atoms with Crippen LogP contribution in [0.2, 0.25) is 0 Å². The summed E-state index contributed by atoms with van der Waals surface area (Å²) in [7, 11) is 2.20. The lowest BCUT2D eigenvalue weighted by atomic mass is 9.85. The van der Waals surface area contributed by atoms with Crippen molar-refractivity contribution in [1.29, 1.82) is 0 Å². The first-order chi connectivity index (χ1) is 5.47. The molecule has 0 saturated carbocycles. The number of nitrogens with zero attached hydrogens (tertiary/aromatic N) is 1. The van der Waals surface area contributed by atoms with Gasteiger partial charge in [-0.15, -0.1) is 0 Å². The predicted molar refractivity (Wildman–Crippen MR) is 53.1 cm³/mol. The Balaban J connectivity index is 2.26. The van der Waals surface area contributed by atoms with Crippen molar-refractivity contribution < 1.29 is 0 Å². The van der Waals surface area contributed by atoms with Gasteiger partial charge in [-0.2, -0.15) is 0 Å². The van der Waals surface area contributed by atoms with Gasteiger partial charge in [-0.25, -0.2) is 0 Å². The first-order valence-electron chi connectivity index (χ1n) is 4.95. The highest BCUT2D eigenvalue weighted by Crippen LogP contribution is 2.24. The molecule has 0 atom stereocenters. The Morgan fingerprint density at radius 2 is 1.83 bits per heavy atom. The fourth-order valence-corrected chi connectivity index (χ4v) is 2.01. The smallest absolute Gasteiger partial charge is 0.00997 e. The van der Waals surface area contributed by atoms with Crippen LogP contribution in [0.5, 0.6) is 0 Å². The maximum absolute atomic E-state index is 5.99. The average Bonchev–Trinajstić information content (AvgIpc) is 1.91. The maximum Gasteiger partial charge on any atom is 0.00997 e. The molecule has 0 spiro atoms. The predicted octanol–water partition coefficient (Wildman–Crippen LogP) is 1.46. The third-order valence-electron chi connectivity index (χ3n) is 2.65. The van der Waals surface area contributed by atoms with Crippen LogP contribution < -0.4 is 5.73 Å². The number of hydrogen-bond acceptors (Lipinski definition) is 2. The molecular formula is C10H22N2. The summed E-state index contributed by atoms with van der Waals surface area (Å²) in [5.74, 6) is 0.862. The van der Waals surface area contributed by atoms with E-state index >= 15 is 0 Å². The van der Waals surface area contributed by atoms with Crippen molar-refractivity contribution in [3.05, 3.63) is 0 Å². The molecule has 2 nitrogen and oxygen atoms in total. The molecule has 1 heterocycles. The Morgan fingerprint density at radius 3 is 2.25 bits per heavy atom. The molecule has 0 aromatic heterocycles. The first kappa shape index (κ1) is 10.0. The van der Waals surface area contributed by atoms with Crippen molar-refractivity contribution in [2.75, 3.05) is 20.1 Å². The molecule has 0 aliphatic carbocycles. The highest BCUT2D eigenvalue weighted by molar-refractivity contribution is 4.79. The van der Waals surface area contributed by atoms with Gasteiger partial charge in [0.2, 0.25) is 0 Å².